The van der Waals surface area contributed by atoms with Gasteiger partial charge in [-0.05, 0) is 35.7 Å². The molecule has 0 atom stereocenters. The van der Waals surface area contributed by atoms with Gasteiger partial charge in [0.15, 0.2) is 0 Å². The minimum atomic E-state index is -0.0184. The monoisotopic (exact) mass is 301 g/mol. The lowest BCUT2D eigenvalue weighted by Crippen LogP contribution is -2.81. The molecule has 4 nitrogen and oxygen atoms in total. The molecule has 0 aliphatic carbocycles. The van der Waals surface area contributed by atoms with Crippen molar-refractivity contribution in [3.63, 3.8) is 0 Å². The van der Waals surface area contributed by atoms with E-state index < -0.39 is 0 Å². The molecule has 21 heavy (non-hydrogen) atoms. The Bertz CT molecular complexity index is 794. The molecule has 0 radical (unpaired) electrons. The first-order valence-corrected chi connectivity index (χ1v) is 7.68. The Labute approximate surface area is 126 Å². The van der Waals surface area contributed by atoms with E-state index in [1.54, 1.807) is 18.4 Å². The van der Waals surface area contributed by atoms with Gasteiger partial charge < -0.3 is 15.0 Å². The summed E-state index contributed by atoms with van der Waals surface area (Å²) in [5.74, 6) is 0.795. The standard InChI is InChI=1S/C16H16N2O2S/c1-20-13-4-5-15-11(8-13)7-12(16(19)18-15)9-17-10-14-3-2-6-21-14/h2-8,17H,9-10H2,1H3,(H,18,19)/p+1. The maximum atomic E-state index is 12.1. The van der Waals surface area contributed by atoms with E-state index in [1.807, 2.05) is 30.3 Å². The molecular formula is C16H17N2O2S+. The van der Waals surface area contributed by atoms with Crippen LogP contribution in [-0.2, 0) is 13.1 Å². The van der Waals surface area contributed by atoms with Crippen molar-refractivity contribution in [1.82, 2.24) is 4.98 Å². The minimum Gasteiger partial charge on any atom is -0.497 e. The van der Waals surface area contributed by atoms with Crippen molar-refractivity contribution in [3.8, 4) is 5.75 Å². The van der Waals surface area contributed by atoms with Crippen molar-refractivity contribution in [2.45, 2.75) is 13.1 Å². The van der Waals surface area contributed by atoms with Gasteiger partial charge in [-0.15, -0.1) is 11.3 Å². The third-order valence-corrected chi connectivity index (χ3v) is 4.32. The van der Waals surface area contributed by atoms with Crippen molar-refractivity contribution in [2.24, 2.45) is 0 Å². The van der Waals surface area contributed by atoms with E-state index in [1.165, 1.54) is 4.88 Å². The van der Waals surface area contributed by atoms with Crippen molar-refractivity contribution in [2.75, 3.05) is 7.11 Å². The number of thiophene rings is 1. The minimum absolute atomic E-state index is 0.0184. The second kappa shape index (κ2) is 6.11. The fourth-order valence-corrected chi connectivity index (χ4v) is 3.01. The van der Waals surface area contributed by atoms with Crippen molar-refractivity contribution in [1.29, 1.82) is 0 Å². The summed E-state index contributed by atoms with van der Waals surface area (Å²) in [7, 11) is 1.64. The SMILES string of the molecule is COc1ccc2[nH]c(=O)c(C[NH2+]Cc3cccs3)cc2c1. The normalized spacial score (nSPS) is 10.9. The first-order chi connectivity index (χ1) is 10.3. The van der Waals surface area contributed by atoms with Crippen LogP contribution in [-0.4, -0.2) is 12.1 Å². The molecule has 5 heteroatoms. The fraction of sp³-hybridized carbons (Fsp3) is 0.188. The van der Waals surface area contributed by atoms with Crippen molar-refractivity contribution >= 4 is 22.2 Å². The smallest absolute Gasteiger partial charge is 0.257 e. The first-order valence-electron chi connectivity index (χ1n) is 6.80. The topological polar surface area (TPSA) is 58.7 Å². The molecule has 2 aromatic heterocycles. The molecule has 1 aromatic carbocycles. The molecule has 0 saturated carbocycles. The number of aromatic amines is 1. The fourth-order valence-electron chi connectivity index (χ4n) is 2.31. The molecule has 108 valence electrons. The molecule has 0 saturated heterocycles. The van der Waals surface area contributed by atoms with Crippen LogP contribution in [0.4, 0.5) is 0 Å². The summed E-state index contributed by atoms with van der Waals surface area (Å²) in [5, 5.41) is 5.20. The second-order valence-electron chi connectivity index (χ2n) is 4.85. The highest BCUT2D eigenvalue weighted by atomic mass is 32.1. The summed E-state index contributed by atoms with van der Waals surface area (Å²) in [4.78, 5) is 16.3. The lowest BCUT2D eigenvalue weighted by atomic mass is 10.1. The second-order valence-corrected chi connectivity index (χ2v) is 5.89. The molecule has 2 heterocycles. The number of benzene rings is 1. The van der Waals surface area contributed by atoms with Crippen LogP contribution in [0, 0.1) is 0 Å². The third-order valence-electron chi connectivity index (χ3n) is 3.42. The van der Waals surface area contributed by atoms with Gasteiger partial charge in [0, 0.05) is 10.9 Å². The Hall–Kier alpha value is -2.11. The summed E-state index contributed by atoms with van der Waals surface area (Å²) >= 11 is 1.74. The number of nitrogens with two attached hydrogens (primary N) is 1. The number of fused-ring (bicyclic) bond motifs is 1. The van der Waals surface area contributed by atoms with Gasteiger partial charge in [-0.1, -0.05) is 6.07 Å². The number of nitrogens with one attached hydrogen (secondary N) is 1. The van der Waals surface area contributed by atoms with Gasteiger partial charge >= 0.3 is 0 Å². The molecule has 3 rings (SSSR count). The van der Waals surface area contributed by atoms with Crippen molar-refractivity contribution < 1.29 is 10.1 Å². The summed E-state index contributed by atoms with van der Waals surface area (Å²) in [6, 6.07) is 11.8. The number of pyridine rings is 1. The number of hydrogen-bond acceptors (Lipinski definition) is 3. The van der Waals surface area contributed by atoms with Crippen molar-refractivity contribution in [3.05, 3.63) is 62.6 Å². The van der Waals surface area contributed by atoms with Gasteiger partial charge in [-0.3, -0.25) is 4.79 Å². The Morgan fingerprint density at radius 1 is 1.24 bits per heavy atom. The van der Waals surface area contributed by atoms with Gasteiger partial charge in [0.2, 0.25) is 0 Å². The van der Waals surface area contributed by atoms with Gasteiger partial charge in [0.1, 0.15) is 18.8 Å². The van der Waals surface area contributed by atoms with E-state index in [-0.39, 0.29) is 5.56 Å². The third kappa shape index (κ3) is 3.15. The molecule has 0 aliphatic rings. The van der Waals surface area contributed by atoms with E-state index in [9.17, 15) is 4.79 Å². The van der Waals surface area contributed by atoms with Crippen LogP contribution in [0.3, 0.4) is 0 Å². The predicted molar refractivity (Wildman–Crippen MR) is 84.8 cm³/mol. The summed E-state index contributed by atoms with van der Waals surface area (Å²) in [6.07, 6.45) is 0. The molecule has 0 spiro atoms. The van der Waals surface area contributed by atoms with Gasteiger partial charge in [0.05, 0.1) is 17.6 Å². The van der Waals surface area contributed by atoms with Crippen LogP contribution >= 0.6 is 11.3 Å². The number of H-pyrrole nitrogens is 1. The Morgan fingerprint density at radius 3 is 2.90 bits per heavy atom. The van der Waals surface area contributed by atoms with E-state index in [4.69, 9.17) is 4.74 Å². The van der Waals surface area contributed by atoms with Crippen LogP contribution < -0.4 is 15.6 Å². The van der Waals surface area contributed by atoms with E-state index in [0.717, 1.165) is 28.8 Å². The average Bonchev–Trinajstić information content (AvgIpc) is 3.00. The van der Waals surface area contributed by atoms with E-state index in [0.29, 0.717) is 6.54 Å². The molecular weight excluding hydrogens is 284 g/mol. The Morgan fingerprint density at radius 2 is 2.14 bits per heavy atom. The highest BCUT2D eigenvalue weighted by molar-refractivity contribution is 7.09. The van der Waals surface area contributed by atoms with Gasteiger partial charge in [-0.2, -0.15) is 0 Å². The zero-order valence-corrected chi connectivity index (χ0v) is 12.6. The zero-order valence-electron chi connectivity index (χ0n) is 11.8. The summed E-state index contributed by atoms with van der Waals surface area (Å²) in [5.41, 5.74) is 1.60. The molecule has 0 unspecified atom stereocenters. The van der Waals surface area contributed by atoms with Gasteiger partial charge in [-0.25, -0.2) is 0 Å². The lowest BCUT2D eigenvalue weighted by molar-refractivity contribution is -0.685. The molecule has 3 N–H and O–H groups in total. The first kappa shape index (κ1) is 13.9. The molecule has 0 bridgehead atoms. The lowest BCUT2D eigenvalue weighted by Gasteiger charge is -2.05. The van der Waals surface area contributed by atoms with E-state index >= 15 is 0 Å². The number of quaternary nitrogens is 1. The summed E-state index contributed by atoms with van der Waals surface area (Å²) in [6.45, 7) is 1.56. The highest BCUT2D eigenvalue weighted by Gasteiger charge is 2.06. The Kier molecular flexibility index (Phi) is 4.03. The number of methoxy groups -OCH3 is 1. The van der Waals surface area contributed by atoms with Crippen LogP contribution in [0.25, 0.3) is 10.9 Å². The maximum Gasteiger partial charge on any atom is 0.257 e. The van der Waals surface area contributed by atoms with Gasteiger partial charge in [0.25, 0.3) is 5.56 Å². The largest absolute Gasteiger partial charge is 0.497 e. The maximum absolute atomic E-state index is 12.1. The predicted octanol–water partition coefficient (Wildman–Crippen LogP) is 1.86. The average molecular weight is 301 g/mol. The number of hydrogen-bond donors (Lipinski definition) is 2. The molecule has 0 aliphatic heterocycles. The van der Waals surface area contributed by atoms with Crippen LogP contribution in [0.1, 0.15) is 10.4 Å². The Balaban J connectivity index is 1.80. The molecule has 3 aromatic rings. The zero-order chi connectivity index (χ0) is 14.7. The summed E-state index contributed by atoms with van der Waals surface area (Å²) < 4.78 is 5.22. The van der Waals surface area contributed by atoms with Crippen LogP contribution in [0.15, 0.2) is 46.6 Å². The molecule has 0 amide bonds. The number of rotatable bonds is 5. The number of ether oxygens (including phenoxy) is 1. The van der Waals surface area contributed by atoms with Crippen LogP contribution in [0.5, 0.6) is 5.75 Å². The number of aromatic nitrogens is 1. The van der Waals surface area contributed by atoms with Crippen LogP contribution in [0.2, 0.25) is 0 Å². The quantitative estimate of drug-likeness (QED) is 0.756. The molecule has 0 fully saturated rings. The van der Waals surface area contributed by atoms with E-state index in [2.05, 4.69) is 21.7 Å². The highest BCUT2D eigenvalue weighted by Crippen LogP contribution is 2.18.